The van der Waals surface area contributed by atoms with E-state index in [1.807, 2.05) is 0 Å². The molecule has 0 aromatic heterocycles. The molecule has 0 aliphatic rings. The Morgan fingerprint density at radius 3 is 0.857 bits per heavy atom. The van der Waals surface area contributed by atoms with Crippen molar-refractivity contribution in [2.24, 2.45) is 0 Å². The van der Waals surface area contributed by atoms with Crippen LogP contribution in [-0.4, -0.2) is 24.3 Å². The number of hydrogen-bond donors (Lipinski definition) is 0. The molecule has 0 heterocycles. The molecule has 0 amide bonds. The van der Waals surface area contributed by atoms with Crippen LogP contribution in [0.4, 0.5) is 0 Å². The summed E-state index contributed by atoms with van der Waals surface area (Å²) in [5.74, 6) is 0. The first kappa shape index (κ1) is 23.8. The third-order valence-electron chi connectivity index (χ3n) is 1.43. The average molecular weight is 357 g/mol. The molecule has 0 nitrogen and oxygen atoms in total. The molecule has 0 saturated heterocycles. The molecule has 0 saturated carbocycles. The van der Waals surface area contributed by atoms with Crippen LogP contribution in [0.5, 0.6) is 0 Å². The molecule has 0 fully saturated rings. The smallest absolute Gasteiger partial charge is 0.127 e. The van der Waals surface area contributed by atoms with Crippen molar-refractivity contribution in [3.8, 4) is 95.7 Å². The third kappa shape index (κ3) is 13.9. The summed E-state index contributed by atoms with van der Waals surface area (Å²) in [6.07, 6.45) is 39.4. The fraction of sp³-hybridized carbons (Fsp3) is 0. The van der Waals surface area contributed by atoms with E-state index in [0.717, 1.165) is 0 Å². The summed E-state index contributed by atoms with van der Waals surface area (Å²) in [6, 6.07) is 0. The molecule has 100 valence electrons. The Morgan fingerprint density at radius 1 is 0.571 bits per heavy atom. The molecule has 0 aliphatic heterocycles. The zero-order chi connectivity index (χ0) is 17.4. The predicted molar refractivity (Wildman–Crippen MR) is 102 cm³/mol. The van der Waals surface area contributed by atoms with Gasteiger partial charge in [-0.05, 0) is 0 Å². The topological polar surface area (TPSA) is 0 Å². The van der Waals surface area contributed by atoms with Gasteiger partial charge in [-0.15, -0.1) is 84.6 Å². The zero-order valence-corrected chi connectivity index (χ0v) is 16.0. The average Bonchev–Trinajstić information content (AvgIpc) is 2.52. The number of halogens is 2. The van der Waals surface area contributed by atoms with Gasteiger partial charge in [0.15, 0.2) is 9.52 Å². The first-order valence-corrected chi connectivity index (χ1v) is 12.3. The van der Waals surface area contributed by atoms with Crippen LogP contribution in [0.3, 0.4) is 0 Å². The molecule has 0 N–H and O–H groups in total. The monoisotopic (exact) mass is 356 g/mol. The largest absolute Gasteiger partial charge is 0.403 e. The van der Waals surface area contributed by atoms with Crippen LogP contribution in [0.1, 0.15) is 0 Å². The maximum Gasteiger partial charge on any atom is 0.403 e. The van der Waals surface area contributed by atoms with Crippen molar-refractivity contribution in [1.29, 1.82) is 0 Å². The van der Waals surface area contributed by atoms with Crippen molar-refractivity contribution >= 4 is 46.4 Å². The first-order chi connectivity index (χ1) is 9.78. The maximum atomic E-state index is 5.34. The Morgan fingerprint density at radius 2 is 0.857 bits per heavy atom. The lowest BCUT2D eigenvalue weighted by Gasteiger charge is -1.98. The lowest BCUT2D eigenvalue weighted by molar-refractivity contribution is 2.45. The van der Waals surface area contributed by atoms with Crippen LogP contribution >= 0.6 is 22.2 Å². The maximum absolute atomic E-state index is 5.34. The molecule has 21 heavy (non-hydrogen) atoms. The van der Waals surface area contributed by atoms with Gasteiger partial charge in [0.25, 0.3) is 0 Å². The van der Waals surface area contributed by atoms with Crippen LogP contribution in [0.2, 0.25) is 0 Å². The lowest BCUT2D eigenvalue weighted by atomic mass is 11.3. The van der Waals surface area contributed by atoms with Crippen molar-refractivity contribution in [2.75, 3.05) is 0 Å². The van der Waals surface area contributed by atoms with Gasteiger partial charge in [0, 0.05) is 0 Å². The van der Waals surface area contributed by atoms with Gasteiger partial charge in [-0.25, -0.2) is 0 Å². The lowest BCUT2D eigenvalue weighted by Crippen LogP contribution is -2.27. The molecule has 0 rings (SSSR count). The van der Waals surface area contributed by atoms with E-state index in [4.69, 9.17) is 73.5 Å². The zero-order valence-electron chi connectivity index (χ0n) is 11.1. The number of rotatable bonds is 0. The van der Waals surface area contributed by atoms with E-state index in [1.54, 1.807) is 0 Å². The van der Waals surface area contributed by atoms with Gasteiger partial charge in [-0.1, -0.05) is 33.3 Å². The molecule has 0 aliphatic carbocycles. The summed E-state index contributed by atoms with van der Waals surface area (Å²) in [5.41, 5.74) is 18.3. The summed E-state index contributed by atoms with van der Waals surface area (Å²) in [4.78, 5) is 0. The fourth-order valence-corrected chi connectivity index (χ4v) is 1.05. The van der Waals surface area contributed by atoms with Crippen molar-refractivity contribution < 1.29 is 0 Å². The second-order valence-electron chi connectivity index (χ2n) is 2.78. The number of hydrogen-bond acceptors (Lipinski definition) is 0. The Kier molecular flexibility index (Phi) is 16.0. The van der Waals surface area contributed by atoms with E-state index in [2.05, 4.69) is 44.3 Å². The van der Waals surface area contributed by atoms with Gasteiger partial charge in [0.2, 0.25) is 0 Å². The quantitative estimate of drug-likeness (QED) is 0.340. The highest BCUT2D eigenvalue weighted by molar-refractivity contribution is 7.52. The highest BCUT2D eigenvalue weighted by Gasteiger charge is 2.22. The molecule has 0 aromatic rings. The second-order valence-corrected chi connectivity index (χ2v) is 12.3. The van der Waals surface area contributed by atoms with Crippen LogP contribution in [-0.2, 0) is 0 Å². The molecular formula is C16H10Cl2Si3. The molecule has 0 aromatic carbocycles. The van der Waals surface area contributed by atoms with Crippen molar-refractivity contribution in [3.63, 3.8) is 0 Å². The van der Waals surface area contributed by atoms with Crippen LogP contribution in [0, 0.1) is 95.7 Å². The predicted octanol–water partition coefficient (Wildman–Crippen LogP) is 0.712. The van der Waals surface area contributed by atoms with Crippen LogP contribution < -0.4 is 0 Å². The van der Waals surface area contributed by atoms with Gasteiger partial charge in [-0.2, -0.15) is 0 Å². The highest BCUT2D eigenvalue weighted by Crippen LogP contribution is 2.09. The second kappa shape index (κ2) is 14.1. The van der Waals surface area contributed by atoms with Gasteiger partial charge < -0.3 is 0 Å². The van der Waals surface area contributed by atoms with Gasteiger partial charge in [-0.3, -0.25) is 0 Å². The van der Waals surface area contributed by atoms with Crippen molar-refractivity contribution in [3.05, 3.63) is 0 Å². The minimum Gasteiger partial charge on any atom is -0.127 e. The Balaban J connectivity index is -0.000000242. The first-order valence-electron chi connectivity index (χ1n) is 4.89. The van der Waals surface area contributed by atoms with Crippen LogP contribution in [0.15, 0.2) is 0 Å². The van der Waals surface area contributed by atoms with Crippen molar-refractivity contribution in [1.82, 2.24) is 0 Å². The van der Waals surface area contributed by atoms with E-state index in [0.29, 0.717) is 0 Å². The molecule has 0 radical (unpaired) electrons. The Bertz CT molecular complexity index is 573. The minimum absolute atomic E-state index is 0.512. The summed E-state index contributed by atoms with van der Waals surface area (Å²) >= 11 is 10.7. The van der Waals surface area contributed by atoms with Gasteiger partial charge in [0.1, 0.15) is 0 Å². The SMILES string of the molecule is C#C[SiH2]C#C.C#C[Si](C#C)(C#C)C#C.C#C[Si](Cl)(Cl)C#C. The molecule has 0 unspecified atom stereocenters. The summed E-state index contributed by atoms with van der Waals surface area (Å²) in [6.45, 7) is -2.65. The Hall–Kier alpha value is -2.29. The van der Waals surface area contributed by atoms with Gasteiger partial charge >= 0.3 is 14.8 Å². The third-order valence-corrected chi connectivity index (χ3v) is 5.61. The Labute approximate surface area is 142 Å². The van der Waals surface area contributed by atoms with E-state index in [1.165, 1.54) is 0 Å². The molecular weight excluding hydrogens is 347 g/mol. The highest BCUT2D eigenvalue weighted by atomic mass is 35.7. The summed E-state index contributed by atoms with van der Waals surface area (Å²) in [7, 11) is -3.09. The van der Waals surface area contributed by atoms with Crippen LogP contribution in [0.25, 0.3) is 0 Å². The van der Waals surface area contributed by atoms with E-state index in [9.17, 15) is 0 Å². The van der Waals surface area contributed by atoms with E-state index < -0.39 is 24.3 Å². The molecule has 0 atom stereocenters. The summed E-state index contributed by atoms with van der Waals surface area (Å²) < 4.78 is 0. The van der Waals surface area contributed by atoms with Crippen molar-refractivity contribution in [2.45, 2.75) is 0 Å². The number of terminal acetylenes is 8. The molecule has 5 heteroatoms. The summed E-state index contributed by atoms with van der Waals surface area (Å²) in [5, 5.41) is 0. The minimum atomic E-state index is -2.65. The van der Waals surface area contributed by atoms with Gasteiger partial charge in [0.05, 0.1) is 0 Å². The van der Waals surface area contributed by atoms with E-state index >= 15 is 0 Å². The molecule has 0 spiro atoms. The molecule has 0 bridgehead atoms. The standard InChI is InChI=1S/C8H4Si.C4H2Cl2Si.C4H4Si/c1-5-9(6-2,7-3)8-4;1-3-7(5,6)4-2;1-3-5-4-2/h1-4H;1-2H;1-2H,5H2. The van der Waals surface area contributed by atoms with E-state index in [-0.39, 0.29) is 0 Å². The fourth-order valence-electron chi connectivity index (χ4n) is 0.351. The normalized spacial score (nSPS) is 7.33.